The van der Waals surface area contributed by atoms with Gasteiger partial charge in [-0.3, -0.25) is 4.68 Å². The van der Waals surface area contributed by atoms with Crippen LogP contribution in [0.2, 0.25) is 5.02 Å². The van der Waals surface area contributed by atoms with E-state index < -0.39 is 0 Å². The van der Waals surface area contributed by atoms with Gasteiger partial charge in [-0.2, -0.15) is 5.10 Å². The number of aryl methyl sites for hydroxylation is 1. The molecular weight excluding hydrogens is 258 g/mol. The van der Waals surface area contributed by atoms with Crippen molar-refractivity contribution in [2.24, 2.45) is 13.0 Å². The van der Waals surface area contributed by atoms with Crippen LogP contribution in [-0.2, 0) is 7.05 Å². The van der Waals surface area contributed by atoms with E-state index in [1.165, 1.54) is 38.5 Å². The summed E-state index contributed by atoms with van der Waals surface area (Å²) in [6.07, 6.45) is 11.1. The van der Waals surface area contributed by atoms with Gasteiger partial charge in [0.05, 0.1) is 23.0 Å². The lowest BCUT2D eigenvalue weighted by Crippen LogP contribution is -2.27. The number of aromatic nitrogens is 2. The molecule has 19 heavy (non-hydrogen) atoms. The molecule has 1 heterocycles. The summed E-state index contributed by atoms with van der Waals surface area (Å²) in [6, 6.07) is 0.350. The highest BCUT2D eigenvalue weighted by molar-refractivity contribution is 6.31. The van der Waals surface area contributed by atoms with Crippen molar-refractivity contribution in [3.05, 3.63) is 16.9 Å². The van der Waals surface area contributed by atoms with E-state index in [2.05, 4.69) is 17.3 Å². The molecule has 0 spiro atoms. The summed E-state index contributed by atoms with van der Waals surface area (Å²) in [5, 5.41) is 8.74. The fourth-order valence-corrected chi connectivity index (χ4v) is 3.48. The Morgan fingerprint density at radius 3 is 2.74 bits per heavy atom. The maximum Gasteiger partial charge on any atom is 0.0834 e. The Labute approximate surface area is 121 Å². The molecule has 3 nitrogen and oxygen atoms in total. The lowest BCUT2D eigenvalue weighted by atomic mass is 9.84. The van der Waals surface area contributed by atoms with Crippen LogP contribution in [0.15, 0.2) is 6.20 Å². The number of halogens is 1. The summed E-state index contributed by atoms with van der Waals surface area (Å²) in [5.41, 5.74) is 1.15. The predicted molar refractivity (Wildman–Crippen MR) is 80.4 cm³/mol. The maximum atomic E-state index is 6.31. The molecule has 1 aromatic heterocycles. The Bertz CT molecular complexity index is 363. The molecule has 0 bridgehead atoms. The maximum absolute atomic E-state index is 6.31. The molecule has 1 unspecified atom stereocenters. The first-order chi connectivity index (χ1) is 9.22. The SMILES string of the molecule is CCCNC(CC1CCCCC1)c1c(Cl)cnn1C. The fraction of sp³-hybridized carbons (Fsp3) is 0.800. The van der Waals surface area contributed by atoms with E-state index in [1.807, 2.05) is 11.7 Å². The van der Waals surface area contributed by atoms with Crippen LogP contribution in [-0.4, -0.2) is 16.3 Å². The summed E-state index contributed by atoms with van der Waals surface area (Å²) >= 11 is 6.31. The minimum Gasteiger partial charge on any atom is -0.309 e. The molecule has 1 aliphatic rings. The zero-order valence-corrected chi connectivity index (χ0v) is 12.9. The quantitative estimate of drug-likeness (QED) is 0.852. The molecule has 1 aliphatic carbocycles. The first-order valence-electron chi connectivity index (χ1n) is 7.63. The Morgan fingerprint density at radius 1 is 1.42 bits per heavy atom. The van der Waals surface area contributed by atoms with Crippen LogP contribution in [0.4, 0.5) is 0 Å². The van der Waals surface area contributed by atoms with Crippen LogP contribution in [0.1, 0.15) is 63.6 Å². The Balaban J connectivity index is 2.06. The third kappa shape index (κ3) is 3.96. The largest absolute Gasteiger partial charge is 0.309 e. The Kier molecular flexibility index (Phi) is 5.71. The van der Waals surface area contributed by atoms with Crippen LogP contribution in [0.5, 0.6) is 0 Å². The zero-order chi connectivity index (χ0) is 13.7. The van der Waals surface area contributed by atoms with Crippen molar-refractivity contribution < 1.29 is 0 Å². The van der Waals surface area contributed by atoms with E-state index in [4.69, 9.17) is 11.6 Å². The second-order valence-electron chi connectivity index (χ2n) is 5.75. The average Bonchev–Trinajstić information content (AvgIpc) is 2.75. The molecule has 1 aromatic rings. The van der Waals surface area contributed by atoms with E-state index in [0.29, 0.717) is 6.04 Å². The number of nitrogens with one attached hydrogen (secondary N) is 1. The minimum atomic E-state index is 0.350. The van der Waals surface area contributed by atoms with Gasteiger partial charge >= 0.3 is 0 Å². The number of hydrogen-bond donors (Lipinski definition) is 1. The number of hydrogen-bond acceptors (Lipinski definition) is 2. The lowest BCUT2D eigenvalue weighted by molar-refractivity contribution is 0.294. The molecule has 4 heteroatoms. The normalized spacial score (nSPS) is 18.7. The number of nitrogens with zero attached hydrogens (tertiary/aromatic N) is 2. The van der Waals surface area contributed by atoms with E-state index in [9.17, 15) is 0 Å². The zero-order valence-electron chi connectivity index (χ0n) is 12.2. The summed E-state index contributed by atoms with van der Waals surface area (Å²) in [7, 11) is 1.99. The van der Waals surface area contributed by atoms with Gasteiger partial charge in [0.2, 0.25) is 0 Å². The molecule has 108 valence electrons. The average molecular weight is 284 g/mol. The molecule has 0 aromatic carbocycles. The second-order valence-corrected chi connectivity index (χ2v) is 6.16. The van der Waals surface area contributed by atoms with E-state index >= 15 is 0 Å². The molecule has 1 saturated carbocycles. The minimum absolute atomic E-state index is 0.350. The van der Waals surface area contributed by atoms with Gasteiger partial charge in [0.25, 0.3) is 0 Å². The highest BCUT2D eigenvalue weighted by Gasteiger charge is 2.23. The molecule has 0 amide bonds. The van der Waals surface area contributed by atoms with Crippen molar-refractivity contribution in [3.8, 4) is 0 Å². The summed E-state index contributed by atoms with van der Waals surface area (Å²) < 4.78 is 1.93. The van der Waals surface area contributed by atoms with Gasteiger partial charge in [-0.1, -0.05) is 50.6 Å². The van der Waals surface area contributed by atoms with Crippen molar-refractivity contribution in [2.75, 3.05) is 6.54 Å². The van der Waals surface area contributed by atoms with Crippen LogP contribution in [0, 0.1) is 5.92 Å². The van der Waals surface area contributed by atoms with Gasteiger partial charge in [-0.15, -0.1) is 0 Å². The molecule has 0 radical (unpaired) electrons. The second kappa shape index (κ2) is 7.30. The van der Waals surface area contributed by atoms with Crippen molar-refractivity contribution in [1.82, 2.24) is 15.1 Å². The standard InChI is InChI=1S/C15H26ClN3/c1-3-9-17-14(10-12-7-5-4-6-8-12)15-13(16)11-18-19(15)2/h11-12,14,17H,3-10H2,1-2H3. The molecule has 1 N–H and O–H groups in total. The topological polar surface area (TPSA) is 29.9 Å². The van der Waals surface area contributed by atoms with Crippen molar-refractivity contribution >= 4 is 11.6 Å². The summed E-state index contributed by atoms with van der Waals surface area (Å²) in [4.78, 5) is 0. The summed E-state index contributed by atoms with van der Waals surface area (Å²) in [5.74, 6) is 0.842. The molecule has 0 aliphatic heterocycles. The van der Waals surface area contributed by atoms with Crippen LogP contribution < -0.4 is 5.32 Å². The molecule has 0 saturated heterocycles. The van der Waals surface area contributed by atoms with E-state index in [-0.39, 0.29) is 0 Å². The third-order valence-electron chi connectivity index (χ3n) is 4.20. The molecule has 1 fully saturated rings. The molecule has 1 atom stereocenters. The van der Waals surface area contributed by atoms with E-state index in [1.54, 1.807) is 6.20 Å². The molecular formula is C15H26ClN3. The highest BCUT2D eigenvalue weighted by atomic mass is 35.5. The predicted octanol–water partition coefficient (Wildman–Crippen LogP) is 4.08. The third-order valence-corrected chi connectivity index (χ3v) is 4.49. The lowest BCUT2D eigenvalue weighted by Gasteiger charge is -2.27. The van der Waals surface area contributed by atoms with Crippen molar-refractivity contribution in [1.29, 1.82) is 0 Å². The highest BCUT2D eigenvalue weighted by Crippen LogP contribution is 2.33. The monoisotopic (exact) mass is 283 g/mol. The van der Waals surface area contributed by atoms with Gasteiger partial charge in [-0.05, 0) is 25.3 Å². The number of rotatable bonds is 6. The van der Waals surface area contributed by atoms with Crippen LogP contribution in [0.25, 0.3) is 0 Å². The van der Waals surface area contributed by atoms with Gasteiger partial charge in [0, 0.05) is 7.05 Å². The first kappa shape index (κ1) is 14.9. The van der Waals surface area contributed by atoms with E-state index in [0.717, 1.165) is 29.6 Å². The van der Waals surface area contributed by atoms with Crippen molar-refractivity contribution in [3.63, 3.8) is 0 Å². The smallest absolute Gasteiger partial charge is 0.0834 e. The van der Waals surface area contributed by atoms with Gasteiger partial charge in [0.15, 0.2) is 0 Å². The summed E-state index contributed by atoms with van der Waals surface area (Å²) in [6.45, 7) is 3.24. The molecule has 2 rings (SSSR count). The van der Waals surface area contributed by atoms with Gasteiger partial charge in [0.1, 0.15) is 0 Å². The van der Waals surface area contributed by atoms with Crippen molar-refractivity contribution in [2.45, 2.75) is 57.9 Å². The Morgan fingerprint density at radius 2 is 2.16 bits per heavy atom. The van der Waals surface area contributed by atoms with Crippen LogP contribution in [0.3, 0.4) is 0 Å². The van der Waals surface area contributed by atoms with Gasteiger partial charge < -0.3 is 5.32 Å². The van der Waals surface area contributed by atoms with Crippen LogP contribution >= 0.6 is 11.6 Å². The Hall–Kier alpha value is -0.540. The first-order valence-corrected chi connectivity index (χ1v) is 8.01. The van der Waals surface area contributed by atoms with Gasteiger partial charge in [-0.25, -0.2) is 0 Å². The fourth-order valence-electron chi connectivity index (χ4n) is 3.18.